The number of ether oxygens (including phenoxy) is 1. The van der Waals surface area contributed by atoms with Gasteiger partial charge in [-0.1, -0.05) is 6.07 Å². The van der Waals surface area contributed by atoms with Gasteiger partial charge < -0.3 is 15.2 Å². The van der Waals surface area contributed by atoms with E-state index in [9.17, 15) is 18.7 Å². The molecule has 6 heteroatoms. The SMILES string of the molecule is COCCC(C)(O)CNC(=O)CCc1ccc(F)c(F)c1. The van der Waals surface area contributed by atoms with Crippen molar-refractivity contribution >= 4 is 5.91 Å². The number of rotatable bonds is 8. The molecule has 0 aliphatic rings. The fraction of sp³-hybridized carbons (Fsp3) is 0.533. The lowest BCUT2D eigenvalue weighted by atomic mass is 10.0. The number of carbonyl (C=O) groups is 1. The van der Waals surface area contributed by atoms with Gasteiger partial charge in [0.2, 0.25) is 5.91 Å². The van der Waals surface area contributed by atoms with Crippen molar-refractivity contribution in [1.82, 2.24) is 5.32 Å². The largest absolute Gasteiger partial charge is 0.388 e. The second-order valence-electron chi connectivity index (χ2n) is 5.26. The van der Waals surface area contributed by atoms with Crippen LogP contribution in [0.5, 0.6) is 0 Å². The second-order valence-corrected chi connectivity index (χ2v) is 5.26. The van der Waals surface area contributed by atoms with Crippen molar-refractivity contribution in [3.63, 3.8) is 0 Å². The Labute approximate surface area is 123 Å². The molecule has 118 valence electrons. The number of aryl methyl sites for hydroxylation is 1. The molecule has 0 saturated carbocycles. The lowest BCUT2D eigenvalue weighted by molar-refractivity contribution is -0.122. The van der Waals surface area contributed by atoms with Crippen LogP contribution in [-0.4, -0.2) is 36.9 Å². The van der Waals surface area contributed by atoms with E-state index in [-0.39, 0.29) is 18.9 Å². The van der Waals surface area contributed by atoms with E-state index in [1.165, 1.54) is 13.2 Å². The molecular weight excluding hydrogens is 280 g/mol. The fourth-order valence-corrected chi connectivity index (χ4v) is 1.74. The van der Waals surface area contributed by atoms with Gasteiger partial charge in [0.05, 0.1) is 5.60 Å². The van der Waals surface area contributed by atoms with Gasteiger partial charge in [0.15, 0.2) is 11.6 Å². The molecule has 1 unspecified atom stereocenters. The van der Waals surface area contributed by atoms with E-state index in [0.29, 0.717) is 25.0 Å². The zero-order valence-corrected chi connectivity index (χ0v) is 12.3. The van der Waals surface area contributed by atoms with Gasteiger partial charge in [0, 0.05) is 33.1 Å². The highest BCUT2D eigenvalue weighted by Gasteiger charge is 2.20. The standard InChI is InChI=1S/C15H21F2NO3/c1-15(20,7-8-21-2)10-18-14(19)6-4-11-3-5-12(16)13(17)9-11/h3,5,9,20H,4,6-8,10H2,1-2H3,(H,18,19). The van der Waals surface area contributed by atoms with Gasteiger partial charge in [-0.2, -0.15) is 0 Å². The van der Waals surface area contributed by atoms with Crippen molar-refractivity contribution in [2.24, 2.45) is 0 Å². The lowest BCUT2D eigenvalue weighted by Gasteiger charge is -2.23. The number of amides is 1. The van der Waals surface area contributed by atoms with Crippen molar-refractivity contribution in [2.75, 3.05) is 20.3 Å². The Bertz CT molecular complexity index is 478. The number of benzene rings is 1. The fourth-order valence-electron chi connectivity index (χ4n) is 1.74. The van der Waals surface area contributed by atoms with Crippen LogP contribution in [0.2, 0.25) is 0 Å². The predicted octanol–water partition coefficient (Wildman–Crippen LogP) is 1.80. The summed E-state index contributed by atoms with van der Waals surface area (Å²) in [6.45, 7) is 2.13. The molecule has 1 aromatic rings. The highest BCUT2D eigenvalue weighted by atomic mass is 19.2. The summed E-state index contributed by atoms with van der Waals surface area (Å²) in [5, 5.41) is 12.6. The summed E-state index contributed by atoms with van der Waals surface area (Å²) in [4.78, 5) is 11.7. The molecule has 1 amide bonds. The van der Waals surface area contributed by atoms with Crippen LogP contribution in [-0.2, 0) is 16.0 Å². The molecule has 0 saturated heterocycles. The number of aliphatic hydroxyl groups is 1. The Morgan fingerprint density at radius 3 is 2.71 bits per heavy atom. The van der Waals surface area contributed by atoms with E-state index in [2.05, 4.69) is 5.32 Å². The third kappa shape index (κ3) is 6.64. The lowest BCUT2D eigenvalue weighted by Crippen LogP contribution is -2.41. The van der Waals surface area contributed by atoms with Crippen LogP contribution in [0.25, 0.3) is 0 Å². The molecule has 1 rings (SSSR count). The first kappa shape index (κ1) is 17.5. The van der Waals surface area contributed by atoms with E-state index in [1.807, 2.05) is 0 Å². The van der Waals surface area contributed by atoms with Crippen LogP contribution in [0.1, 0.15) is 25.3 Å². The summed E-state index contributed by atoms with van der Waals surface area (Å²) in [5.74, 6) is -2.08. The van der Waals surface area contributed by atoms with E-state index >= 15 is 0 Å². The minimum absolute atomic E-state index is 0.118. The highest BCUT2D eigenvalue weighted by Crippen LogP contribution is 2.11. The second kappa shape index (κ2) is 8.05. The zero-order valence-electron chi connectivity index (χ0n) is 12.3. The minimum atomic E-state index is -1.03. The van der Waals surface area contributed by atoms with Gasteiger partial charge in [0.25, 0.3) is 0 Å². The third-order valence-corrected chi connectivity index (χ3v) is 3.14. The molecule has 0 aromatic heterocycles. The van der Waals surface area contributed by atoms with Crippen molar-refractivity contribution in [2.45, 2.75) is 31.8 Å². The van der Waals surface area contributed by atoms with Crippen LogP contribution in [0.4, 0.5) is 8.78 Å². The predicted molar refractivity (Wildman–Crippen MR) is 74.8 cm³/mol. The Hall–Kier alpha value is -1.53. The van der Waals surface area contributed by atoms with Crippen molar-refractivity contribution in [3.05, 3.63) is 35.4 Å². The van der Waals surface area contributed by atoms with Crippen molar-refractivity contribution in [1.29, 1.82) is 0 Å². The van der Waals surface area contributed by atoms with Crippen LogP contribution in [0.3, 0.4) is 0 Å². The third-order valence-electron chi connectivity index (χ3n) is 3.14. The molecule has 0 radical (unpaired) electrons. The van der Waals surface area contributed by atoms with Crippen LogP contribution in [0.15, 0.2) is 18.2 Å². The molecule has 0 fully saturated rings. The van der Waals surface area contributed by atoms with E-state index in [4.69, 9.17) is 4.74 Å². The van der Waals surface area contributed by atoms with Crippen LogP contribution in [0, 0.1) is 11.6 Å². The molecule has 0 spiro atoms. The Morgan fingerprint density at radius 1 is 1.38 bits per heavy atom. The van der Waals surface area contributed by atoms with E-state index < -0.39 is 17.2 Å². The van der Waals surface area contributed by atoms with Gasteiger partial charge in [-0.25, -0.2) is 8.78 Å². The van der Waals surface area contributed by atoms with Gasteiger partial charge in [-0.15, -0.1) is 0 Å². The Morgan fingerprint density at radius 2 is 2.10 bits per heavy atom. The molecule has 2 N–H and O–H groups in total. The highest BCUT2D eigenvalue weighted by molar-refractivity contribution is 5.76. The molecule has 0 bridgehead atoms. The molecular formula is C15H21F2NO3. The number of nitrogens with one attached hydrogen (secondary N) is 1. The van der Waals surface area contributed by atoms with Gasteiger partial charge in [-0.3, -0.25) is 4.79 Å². The summed E-state index contributed by atoms with van der Waals surface area (Å²) in [7, 11) is 1.54. The Kier molecular flexibility index (Phi) is 6.71. The van der Waals surface area contributed by atoms with Crippen molar-refractivity contribution in [3.8, 4) is 0 Å². The molecule has 4 nitrogen and oxygen atoms in total. The zero-order chi connectivity index (χ0) is 15.9. The summed E-state index contributed by atoms with van der Waals surface area (Å²) < 4.78 is 30.6. The molecule has 1 aromatic carbocycles. The molecule has 21 heavy (non-hydrogen) atoms. The van der Waals surface area contributed by atoms with Crippen LogP contribution >= 0.6 is 0 Å². The average molecular weight is 301 g/mol. The first-order chi connectivity index (χ1) is 9.84. The normalized spacial score (nSPS) is 13.8. The number of hydrogen-bond donors (Lipinski definition) is 2. The van der Waals surface area contributed by atoms with Crippen molar-refractivity contribution < 1.29 is 23.4 Å². The first-order valence-electron chi connectivity index (χ1n) is 6.76. The van der Waals surface area contributed by atoms with Gasteiger partial charge in [-0.05, 0) is 31.0 Å². The number of carbonyl (C=O) groups excluding carboxylic acids is 1. The van der Waals surface area contributed by atoms with Gasteiger partial charge >= 0.3 is 0 Å². The van der Waals surface area contributed by atoms with E-state index in [0.717, 1.165) is 12.1 Å². The van der Waals surface area contributed by atoms with Crippen LogP contribution < -0.4 is 5.32 Å². The monoisotopic (exact) mass is 301 g/mol. The number of halogens is 2. The quantitative estimate of drug-likeness (QED) is 0.770. The molecule has 0 heterocycles. The maximum absolute atomic E-state index is 13.0. The molecule has 1 atom stereocenters. The Balaban J connectivity index is 2.35. The summed E-state index contributed by atoms with van der Waals surface area (Å²) in [5.41, 5.74) is -0.483. The first-order valence-corrected chi connectivity index (χ1v) is 6.76. The van der Waals surface area contributed by atoms with Gasteiger partial charge in [0.1, 0.15) is 0 Å². The molecule has 0 aliphatic carbocycles. The topological polar surface area (TPSA) is 58.6 Å². The summed E-state index contributed by atoms with van der Waals surface area (Å²) in [6, 6.07) is 3.57. The minimum Gasteiger partial charge on any atom is -0.388 e. The number of methoxy groups -OCH3 is 1. The summed E-state index contributed by atoms with van der Waals surface area (Å²) in [6.07, 6.45) is 0.863. The maximum atomic E-state index is 13.0. The smallest absolute Gasteiger partial charge is 0.220 e. The maximum Gasteiger partial charge on any atom is 0.220 e. The average Bonchev–Trinajstić information content (AvgIpc) is 2.44. The molecule has 0 aliphatic heterocycles. The number of hydrogen-bond acceptors (Lipinski definition) is 3. The summed E-state index contributed by atoms with van der Waals surface area (Å²) >= 11 is 0. The van der Waals surface area contributed by atoms with E-state index in [1.54, 1.807) is 6.92 Å².